The molecule has 49 heavy (non-hydrogen) atoms. The molecule has 2 aromatic carbocycles. The van der Waals surface area contributed by atoms with Gasteiger partial charge in [0.2, 0.25) is 22.8 Å². The van der Waals surface area contributed by atoms with Crippen LogP contribution in [0.2, 0.25) is 0 Å². The summed E-state index contributed by atoms with van der Waals surface area (Å²) in [7, 11) is -4.20. The van der Waals surface area contributed by atoms with Crippen LogP contribution in [-0.4, -0.2) is 94.1 Å². The number of aliphatic hydroxyl groups is 1. The molecule has 0 radical (unpaired) electrons. The fourth-order valence-corrected chi connectivity index (χ4v) is 7.86. The number of rotatable bonds is 15. The fraction of sp³-hybridized carbons (Fsp3) is 0.545. The van der Waals surface area contributed by atoms with Gasteiger partial charge in [0.05, 0.1) is 36.2 Å². The van der Waals surface area contributed by atoms with Gasteiger partial charge in [0.25, 0.3) is 0 Å². The molecule has 266 valence electrons. The van der Waals surface area contributed by atoms with Crippen molar-refractivity contribution in [1.82, 2.24) is 14.9 Å². The van der Waals surface area contributed by atoms with Crippen LogP contribution in [0.1, 0.15) is 38.7 Å². The van der Waals surface area contributed by atoms with Gasteiger partial charge >= 0.3 is 6.09 Å². The van der Waals surface area contributed by atoms with Crippen molar-refractivity contribution < 1.29 is 42.0 Å². The highest BCUT2D eigenvalue weighted by Gasteiger charge is 2.44. The highest BCUT2D eigenvalue weighted by Crippen LogP contribution is 2.36. The molecule has 1 amide bonds. The molecule has 0 spiro atoms. The number of hydrogen-bond donors (Lipinski definition) is 4. The molecule has 3 aliphatic rings. The lowest BCUT2D eigenvalue weighted by molar-refractivity contribution is -0.0907. The molecule has 5 rings (SSSR count). The second-order valence-electron chi connectivity index (χ2n) is 13.1. The minimum atomic E-state index is -4.20. The van der Waals surface area contributed by atoms with Crippen molar-refractivity contribution in [3.8, 4) is 17.7 Å². The van der Waals surface area contributed by atoms with E-state index < -0.39 is 46.1 Å². The van der Waals surface area contributed by atoms with E-state index in [0.717, 1.165) is 5.56 Å². The highest BCUT2D eigenvalue weighted by atomic mass is 32.2. The Morgan fingerprint density at radius 2 is 1.98 bits per heavy atom. The second-order valence-corrected chi connectivity index (χ2v) is 15.0. The van der Waals surface area contributed by atoms with Crippen LogP contribution in [0.4, 0.5) is 4.79 Å². The van der Waals surface area contributed by atoms with Crippen LogP contribution in [0, 0.1) is 22.8 Å². The van der Waals surface area contributed by atoms with E-state index in [-0.39, 0.29) is 49.7 Å². The summed E-state index contributed by atoms with van der Waals surface area (Å²) in [6.45, 7) is 4.57. The zero-order valence-corrected chi connectivity index (χ0v) is 28.4. The van der Waals surface area contributed by atoms with Crippen LogP contribution in [0.25, 0.3) is 0 Å². The molecule has 0 saturated carbocycles. The van der Waals surface area contributed by atoms with Crippen LogP contribution in [0.5, 0.6) is 11.5 Å². The average Bonchev–Trinajstić information content (AvgIpc) is 3.82. The molecule has 3 aliphatic heterocycles. The van der Waals surface area contributed by atoms with Crippen LogP contribution in [0.3, 0.4) is 0 Å². The van der Waals surface area contributed by atoms with E-state index >= 15 is 0 Å². The molecule has 2 fully saturated rings. The number of nitriles is 1. The van der Waals surface area contributed by atoms with E-state index in [4.69, 9.17) is 34.7 Å². The molecule has 3 heterocycles. The zero-order chi connectivity index (χ0) is 35.0. The Morgan fingerprint density at radius 1 is 1.20 bits per heavy atom. The number of fused-ring (bicyclic) bond motifs is 2. The van der Waals surface area contributed by atoms with Gasteiger partial charge < -0.3 is 39.8 Å². The Bertz CT molecular complexity index is 1620. The van der Waals surface area contributed by atoms with E-state index in [9.17, 15) is 18.3 Å². The van der Waals surface area contributed by atoms with E-state index in [2.05, 4.69) is 15.6 Å². The predicted octanol–water partition coefficient (Wildman–Crippen LogP) is 2.06. The van der Waals surface area contributed by atoms with Gasteiger partial charge in [-0.25, -0.2) is 13.2 Å². The van der Waals surface area contributed by atoms with E-state index in [0.29, 0.717) is 43.9 Å². The van der Waals surface area contributed by atoms with Gasteiger partial charge in [-0.1, -0.05) is 44.2 Å². The minimum Gasteiger partial charge on any atom is -0.454 e. The Balaban J connectivity index is 1.36. The molecular formula is C33H44N6O9S. The Morgan fingerprint density at radius 3 is 2.76 bits per heavy atom. The molecule has 2 saturated heterocycles. The Kier molecular flexibility index (Phi) is 11.8. The second kappa shape index (κ2) is 16.0. The number of aliphatic hydroxyl groups excluding tert-OH is 1. The summed E-state index contributed by atoms with van der Waals surface area (Å²) in [6, 6.07) is 12.8. The SMILES string of the molecule is CC(C)(CCCN=C(N)NC#N)CN(C[C@@H](O)[C@H](Cc1ccccc1)NC(=O)O[C@H]1CO[C@H]2OCC[C@H]21)S(=O)(=O)c1ccc2c(c1)OCO2. The smallest absolute Gasteiger partial charge is 0.407 e. The zero-order valence-electron chi connectivity index (χ0n) is 27.6. The number of nitrogens with zero attached hydrogens (tertiary/aromatic N) is 3. The van der Waals surface area contributed by atoms with E-state index in [1.54, 1.807) is 6.19 Å². The summed E-state index contributed by atoms with van der Waals surface area (Å²) in [4.78, 5) is 17.3. The standard InChI is InChI=1S/C33H44N6O9S/c1-33(2,12-6-13-36-31(35)37-20-34)19-39(49(42,43)23-9-10-27-28(16-23)47-21-46-27)17-26(40)25(15-22-7-4-3-5-8-22)38-32(41)48-29-18-45-30-24(29)11-14-44-30/h3-5,7-10,16,24-26,29-30,40H,6,11-15,17-19,21H2,1-2H3,(H,38,41)(H3,35,36,37)/t24-,25-,26+,29-,30+/m0/s1. The van der Waals surface area contributed by atoms with Gasteiger partial charge in [-0.2, -0.15) is 9.57 Å². The number of nitrogens with one attached hydrogen (secondary N) is 2. The van der Waals surface area contributed by atoms with Crippen molar-refractivity contribution >= 4 is 22.1 Å². The topological polar surface area (TPSA) is 207 Å². The predicted molar refractivity (Wildman–Crippen MR) is 177 cm³/mol. The number of nitrogens with two attached hydrogens (primary N) is 1. The monoisotopic (exact) mass is 700 g/mol. The summed E-state index contributed by atoms with van der Waals surface area (Å²) < 4.78 is 57.5. The number of carbonyl (C=O) groups excluding carboxylic acids is 1. The molecule has 2 aromatic rings. The van der Waals surface area contributed by atoms with Crippen LogP contribution < -0.4 is 25.8 Å². The van der Waals surface area contributed by atoms with Crippen molar-refractivity contribution in [1.29, 1.82) is 5.26 Å². The van der Waals surface area contributed by atoms with Crippen LogP contribution in [0.15, 0.2) is 58.4 Å². The summed E-state index contributed by atoms with van der Waals surface area (Å²) in [5, 5.41) is 25.6. The Hall–Kier alpha value is -4.14. The molecule has 15 nitrogen and oxygen atoms in total. The molecule has 0 aliphatic carbocycles. The van der Waals surface area contributed by atoms with Crippen LogP contribution >= 0.6 is 0 Å². The number of carbonyl (C=O) groups is 1. The number of aliphatic imine (C=N–C) groups is 1. The molecular weight excluding hydrogens is 656 g/mol. The normalized spacial score (nSPS) is 21.5. The third-order valence-corrected chi connectivity index (χ3v) is 10.6. The lowest BCUT2D eigenvalue weighted by Crippen LogP contribution is -2.52. The molecule has 0 bridgehead atoms. The number of benzene rings is 2. The average molecular weight is 701 g/mol. The third kappa shape index (κ3) is 9.52. The fourth-order valence-electron chi connectivity index (χ4n) is 6.20. The maximum atomic E-state index is 14.3. The van der Waals surface area contributed by atoms with Crippen molar-refractivity contribution in [2.75, 3.05) is 39.6 Å². The number of sulfonamides is 1. The molecule has 5 N–H and O–H groups in total. The van der Waals surface area contributed by atoms with Crippen LogP contribution in [-0.2, 0) is 30.7 Å². The molecule has 0 unspecified atom stereocenters. The third-order valence-electron chi connectivity index (χ3n) is 8.76. The van der Waals surface area contributed by atoms with E-state index in [1.165, 1.54) is 22.5 Å². The minimum absolute atomic E-state index is 0.00257. The van der Waals surface area contributed by atoms with E-state index in [1.807, 2.05) is 44.2 Å². The summed E-state index contributed by atoms with van der Waals surface area (Å²) in [5.41, 5.74) is 5.89. The number of ether oxygens (including phenoxy) is 5. The maximum absolute atomic E-state index is 14.3. The molecule has 16 heteroatoms. The van der Waals surface area contributed by atoms with Crippen molar-refractivity contribution in [2.24, 2.45) is 22.1 Å². The number of amides is 1. The van der Waals surface area contributed by atoms with Crippen molar-refractivity contribution in [3.63, 3.8) is 0 Å². The number of hydrogen-bond acceptors (Lipinski definition) is 11. The van der Waals surface area contributed by atoms with Gasteiger partial charge in [0, 0.05) is 25.7 Å². The first-order chi connectivity index (χ1) is 23.4. The first kappa shape index (κ1) is 36.1. The quantitative estimate of drug-likeness (QED) is 0.0693. The first-order valence-corrected chi connectivity index (χ1v) is 17.7. The summed E-state index contributed by atoms with van der Waals surface area (Å²) >= 11 is 0. The van der Waals surface area contributed by atoms with Gasteiger partial charge in [0.15, 0.2) is 24.0 Å². The first-order valence-electron chi connectivity index (χ1n) is 16.2. The number of guanidine groups is 1. The number of alkyl carbamates (subject to hydrolysis) is 1. The summed E-state index contributed by atoms with van der Waals surface area (Å²) in [5.74, 6) is 0.671. The lowest BCUT2D eigenvalue weighted by atomic mass is 9.87. The van der Waals surface area contributed by atoms with Crippen molar-refractivity contribution in [2.45, 2.75) is 69.0 Å². The molecule has 5 atom stereocenters. The summed E-state index contributed by atoms with van der Waals surface area (Å²) in [6.07, 6.45) is 0.764. The maximum Gasteiger partial charge on any atom is 0.407 e. The molecule has 0 aromatic heterocycles. The highest BCUT2D eigenvalue weighted by molar-refractivity contribution is 7.89. The van der Waals surface area contributed by atoms with Crippen molar-refractivity contribution in [3.05, 3.63) is 54.1 Å². The Labute approximate surface area is 286 Å². The van der Waals surface area contributed by atoms with Gasteiger partial charge in [-0.15, -0.1) is 0 Å². The largest absolute Gasteiger partial charge is 0.454 e. The van der Waals surface area contributed by atoms with Gasteiger partial charge in [0.1, 0.15) is 6.10 Å². The van der Waals surface area contributed by atoms with Gasteiger partial charge in [-0.3, -0.25) is 10.3 Å². The van der Waals surface area contributed by atoms with Gasteiger partial charge in [-0.05, 0) is 48.8 Å². The lowest BCUT2D eigenvalue weighted by Gasteiger charge is -2.35.